The maximum Gasteiger partial charge on any atom is 0.200 e. The number of thiazole rings is 1. The fourth-order valence-electron chi connectivity index (χ4n) is 2.87. The Kier molecular flexibility index (Phi) is 4.15. The Morgan fingerprint density at radius 1 is 1.12 bits per heavy atom. The Labute approximate surface area is 154 Å². The van der Waals surface area contributed by atoms with Crippen molar-refractivity contribution in [1.29, 1.82) is 0 Å². The molecule has 124 valence electrons. The van der Waals surface area contributed by atoms with Gasteiger partial charge >= 0.3 is 0 Å². The molecule has 0 fully saturated rings. The summed E-state index contributed by atoms with van der Waals surface area (Å²) in [7, 11) is 0. The van der Waals surface area contributed by atoms with Crippen LogP contribution >= 0.6 is 22.9 Å². The molecule has 0 amide bonds. The topological polar surface area (TPSA) is 50.2 Å². The van der Waals surface area contributed by atoms with E-state index in [1.54, 1.807) is 12.1 Å². The number of carbonyl (C=O) groups is 1. The van der Waals surface area contributed by atoms with E-state index in [-0.39, 0.29) is 16.6 Å². The molecule has 0 unspecified atom stereocenters. The van der Waals surface area contributed by atoms with Gasteiger partial charge in [0.05, 0.1) is 15.6 Å². The molecule has 1 heterocycles. The van der Waals surface area contributed by atoms with Crippen molar-refractivity contribution in [3.05, 3.63) is 75.3 Å². The average Bonchev–Trinajstić information content (AvgIpc) is 3.06. The zero-order valence-electron chi connectivity index (χ0n) is 13.2. The number of ketones is 1. The molecule has 0 atom stereocenters. The van der Waals surface area contributed by atoms with Crippen LogP contribution in [0.1, 0.15) is 27.3 Å². The number of carbonyl (C=O) groups excluding carboxylic acids is 1. The predicted molar refractivity (Wildman–Crippen MR) is 101 cm³/mol. The minimum Gasteiger partial charge on any atom is -0.506 e. The molecule has 1 aliphatic carbocycles. The summed E-state index contributed by atoms with van der Waals surface area (Å²) in [5.41, 5.74) is 3.47. The third kappa shape index (κ3) is 3.11. The molecule has 0 bridgehead atoms. The van der Waals surface area contributed by atoms with Crippen molar-refractivity contribution in [2.75, 3.05) is 0 Å². The van der Waals surface area contributed by atoms with Crippen molar-refractivity contribution >= 4 is 34.8 Å². The molecule has 3 nitrogen and oxygen atoms in total. The number of hydrogen-bond acceptors (Lipinski definition) is 4. The number of benzene rings is 2. The largest absolute Gasteiger partial charge is 0.506 e. The number of allylic oxidation sites excluding steroid dienone is 1. The molecular weight excluding hydrogens is 354 g/mol. The maximum absolute atomic E-state index is 12.8. The molecule has 0 saturated carbocycles. The van der Waals surface area contributed by atoms with Gasteiger partial charge in [0.1, 0.15) is 10.8 Å². The highest BCUT2D eigenvalue weighted by Gasteiger charge is 2.26. The van der Waals surface area contributed by atoms with Crippen molar-refractivity contribution in [3.63, 3.8) is 0 Å². The molecule has 3 aromatic rings. The van der Waals surface area contributed by atoms with Gasteiger partial charge in [-0.25, -0.2) is 4.98 Å². The Bertz CT molecular complexity index is 992. The average molecular weight is 368 g/mol. The number of aryl methyl sites for hydroxylation is 1. The van der Waals surface area contributed by atoms with E-state index in [0.717, 1.165) is 38.7 Å². The van der Waals surface area contributed by atoms with Crippen LogP contribution in [0.3, 0.4) is 0 Å². The van der Waals surface area contributed by atoms with Crippen LogP contribution in [0, 0.1) is 0 Å². The lowest BCUT2D eigenvalue weighted by Gasteiger charge is -2.12. The second kappa shape index (κ2) is 6.47. The van der Waals surface area contributed by atoms with Gasteiger partial charge in [-0.3, -0.25) is 4.79 Å². The second-order valence-electron chi connectivity index (χ2n) is 5.87. The first kappa shape index (κ1) is 16.1. The number of fused-ring (bicyclic) bond motifs is 1. The first-order valence-electron chi connectivity index (χ1n) is 7.91. The van der Waals surface area contributed by atoms with Crippen LogP contribution in [0.15, 0.2) is 54.1 Å². The third-order valence-electron chi connectivity index (χ3n) is 4.16. The summed E-state index contributed by atoms with van der Waals surface area (Å²) in [6.07, 6.45) is 3.25. The third-order valence-corrected chi connectivity index (χ3v) is 5.61. The van der Waals surface area contributed by atoms with Gasteiger partial charge in [0, 0.05) is 11.1 Å². The van der Waals surface area contributed by atoms with Gasteiger partial charge in [-0.05, 0) is 36.6 Å². The minimum absolute atomic E-state index is 0.0325. The van der Waals surface area contributed by atoms with Gasteiger partial charge < -0.3 is 5.11 Å². The molecule has 0 aliphatic heterocycles. The van der Waals surface area contributed by atoms with Crippen LogP contribution in [-0.2, 0) is 6.42 Å². The maximum atomic E-state index is 12.8. The molecule has 5 heteroatoms. The molecule has 4 rings (SSSR count). The highest BCUT2D eigenvalue weighted by molar-refractivity contribution is 7.17. The molecule has 1 aromatic heterocycles. The molecule has 2 aromatic carbocycles. The van der Waals surface area contributed by atoms with Crippen molar-refractivity contribution in [2.24, 2.45) is 0 Å². The van der Waals surface area contributed by atoms with E-state index in [0.29, 0.717) is 6.42 Å². The van der Waals surface area contributed by atoms with Crippen LogP contribution in [0.25, 0.3) is 16.6 Å². The highest BCUT2D eigenvalue weighted by atomic mass is 35.5. The second-order valence-corrected chi connectivity index (χ2v) is 7.28. The number of aromatic hydroxyl groups is 1. The number of phenols is 1. The lowest BCUT2D eigenvalue weighted by molar-refractivity contribution is 0.103. The summed E-state index contributed by atoms with van der Waals surface area (Å²) in [4.78, 5) is 18.2. The van der Waals surface area contributed by atoms with Gasteiger partial charge in [-0.15, -0.1) is 11.3 Å². The Balaban J connectivity index is 1.68. The number of hydrogen-bond donors (Lipinski definition) is 1. The summed E-state index contributed by atoms with van der Waals surface area (Å²) >= 11 is 7.40. The fourth-order valence-corrected chi connectivity index (χ4v) is 4.15. The van der Waals surface area contributed by atoms with Gasteiger partial charge in [-0.1, -0.05) is 48.0 Å². The number of phenolic OH excluding ortho intramolecular Hbond substituents is 1. The number of Topliss-reactive ketones (excluding diaryl/α,β-unsaturated/α-hetero) is 1. The molecule has 0 radical (unpaired) electrons. The van der Waals surface area contributed by atoms with E-state index in [4.69, 9.17) is 11.6 Å². The van der Waals surface area contributed by atoms with Crippen molar-refractivity contribution in [3.8, 4) is 16.3 Å². The van der Waals surface area contributed by atoms with E-state index in [1.165, 1.54) is 17.4 Å². The Morgan fingerprint density at radius 3 is 2.68 bits per heavy atom. The van der Waals surface area contributed by atoms with Crippen molar-refractivity contribution in [2.45, 2.75) is 12.8 Å². The summed E-state index contributed by atoms with van der Waals surface area (Å²) in [5, 5.41) is 10.7. The van der Waals surface area contributed by atoms with Crippen molar-refractivity contribution in [1.82, 2.24) is 4.98 Å². The van der Waals surface area contributed by atoms with E-state index in [1.807, 2.05) is 36.4 Å². The smallest absolute Gasteiger partial charge is 0.200 e. The molecular formula is C20H14ClNO2S. The Hall–Kier alpha value is -2.43. The van der Waals surface area contributed by atoms with Gasteiger partial charge in [0.25, 0.3) is 0 Å². The van der Waals surface area contributed by atoms with Gasteiger partial charge in [0.15, 0.2) is 0 Å². The Morgan fingerprint density at radius 2 is 1.92 bits per heavy atom. The number of rotatable bonds is 2. The van der Waals surface area contributed by atoms with Crippen LogP contribution in [0.4, 0.5) is 0 Å². The zero-order valence-corrected chi connectivity index (χ0v) is 14.8. The normalized spacial score (nSPS) is 15.4. The van der Waals surface area contributed by atoms with Gasteiger partial charge in [0.2, 0.25) is 5.78 Å². The summed E-state index contributed by atoms with van der Waals surface area (Å²) in [6, 6.07) is 14.9. The first-order valence-corrected chi connectivity index (χ1v) is 9.10. The van der Waals surface area contributed by atoms with Crippen LogP contribution in [0.2, 0.25) is 5.02 Å². The number of nitrogens with zero attached hydrogens (tertiary/aromatic N) is 1. The highest BCUT2D eigenvalue weighted by Crippen LogP contribution is 2.35. The quantitative estimate of drug-likeness (QED) is 0.618. The lowest BCUT2D eigenvalue weighted by Crippen LogP contribution is -2.12. The summed E-state index contributed by atoms with van der Waals surface area (Å²) in [5.74, 6) is 0.0705. The standard InChI is InChI=1S/C20H14ClNO2S/c21-15-11-12(6-9-17(15)23)10-14-7-8-16-19(18(14)24)25-20(22-16)13-4-2-1-3-5-13/h1-6,9-11,23H,7-8H2/b14-10+. The summed E-state index contributed by atoms with van der Waals surface area (Å²) in [6.45, 7) is 0. The molecule has 1 N–H and O–H groups in total. The molecule has 0 spiro atoms. The van der Waals surface area contributed by atoms with E-state index in [2.05, 4.69) is 4.98 Å². The number of halogens is 1. The molecule has 1 aliphatic rings. The SMILES string of the molecule is O=C1/C(=C/c2ccc(O)c(Cl)c2)CCc2nc(-c3ccccc3)sc21. The summed E-state index contributed by atoms with van der Waals surface area (Å²) < 4.78 is 0. The minimum atomic E-state index is 0.0325. The monoisotopic (exact) mass is 367 g/mol. The van der Waals surface area contributed by atoms with Crippen LogP contribution < -0.4 is 0 Å². The zero-order chi connectivity index (χ0) is 17.4. The van der Waals surface area contributed by atoms with Crippen LogP contribution in [-0.4, -0.2) is 15.9 Å². The first-order chi connectivity index (χ1) is 12.1. The number of aromatic nitrogens is 1. The fraction of sp³-hybridized carbons (Fsp3) is 0.100. The van der Waals surface area contributed by atoms with Crippen molar-refractivity contribution < 1.29 is 9.90 Å². The molecule has 25 heavy (non-hydrogen) atoms. The predicted octanol–water partition coefficient (Wildman–Crippen LogP) is 5.38. The lowest BCUT2D eigenvalue weighted by atomic mass is 9.94. The van der Waals surface area contributed by atoms with E-state index >= 15 is 0 Å². The molecule has 0 saturated heterocycles. The van der Waals surface area contributed by atoms with E-state index < -0.39 is 0 Å². The van der Waals surface area contributed by atoms with Gasteiger partial charge in [-0.2, -0.15) is 0 Å². The van der Waals surface area contributed by atoms with Crippen LogP contribution in [0.5, 0.6) is 5.75 Å². The van der Waals surface area contributed by atoms with E-state index in [9.17, 15) is 9.90 Å².